The summed E-state index contributed by atoms with van der Waals surface area (Å²) in [5, 5.41) is 40.5. The summed E-state index contributed by atoms with van der Waals surface area (Å²) in [5.41, 5.74) is 1.09. The van der Waals surface area contributed by atoms with Gasteiger partial charge >= 0.3 is 0 Å². The number of aliphatic hydroxyl groups excluding tert-OH is 2. The minimum Gasteiger partial charge on any atom is -0.396 e. The van der Waals surface area contributed by atoms with Crippen LogP contribution in [0.5, 0.6) is 0 Å². The number of hydrogen-bond acceptors (Lipinski definition) is 4. The predicted molar refractivity (Wildman–Crippen MR) is 149 cm³/mol. The van der Waals surface area contributed by atoms with Crippen molar-refractivity contribution in [3.8, 4) is 0 Å². The molecule has 2 aromatic carbocycles. The van der Waals surface area contributed by atoms with Crippen LogP contribution in [0.2, 0.25) is 0 Å². The Balaban J connectivity index is 1.86. The van der Waals surface area contributed by atoms with Crippen molar-refractivity contribution in [1.29, 1.82) is 0 Å². The van der Waals surface area contributed by atoms with Crippen LogP contribution >= 0.6 is 0 Å². The molecule has 0 spiro atoms. The second-order valence-electron chi connectivity index (χ2n) is 10.7. The fraction of sp³-hybridized carbons (Fsp3) is 0.625. The molecule has 4 N–H and O–H groups in total. The second kappa shape index (κ2) is 16.2. The zero-order chi connectivity index (χ0) is 26.3. The van der Waals surface area contributed by atoms with Crippen LogP contribution < -0.4 is 0 Å². The molecule has 0 saturated carbocycles. The Kier molecular flexibility index (Phi) is 13.7. The molecule has 0 aromatic heterocycles. The van der Waals surface area contributed by atoms with E-state index < -0.39 is 11.2 Å². The van der Waals surface area contributed by atoms with Gasteiger partial charge in [0.15, 0.2) is 0 Å². The van der Waals surface area contributed by atoms with E-state index in [0.29, 0.717) is 24.3 Å². The van der Waals surface area contributed by atoms with E-state index in [4.69, 9.17) is 10.2 Å². The van der Waals surface area contributed by atoms with Crippen molar-refractivity contribution in [3.05, 3.63) is 70.8 Å². The standard InChI is InChI=1S/C32H50O4/c1-31(35,29-21-17-27(18-22-29)15-11-7-3-5-9-13-25-33)32(2,36)30-23-19-28(20-24-30)16-12-8-4-6-10-14-26-34/h17-24,33-36H,3-16,25-26H2,1-2H3. The Hall–Kier alpha value is -1.72. The van der Waals surface area contributed by atoms with Gasteiger partial charge in [-0.1, -0.05) is 99.9 Å². The van der Waals surface area contributed by atoms with Crippen molar-refractivity contribution in [2.45, 2.75) is 115 Å². The number of hydrogen-bond donors (Lipinski definition) is 4. The van der Waals surface area contributed by atoms with Crippen LogP contribution in [-0.4, -0.2) is 33.6 Å². The van der Waals surface area contributed by atoms with E-state index in [-0.39, 0.29) is 0 Å². The molecule has 2 aromatic rings. The molecule has 2 atom stereocenters. The summed E-state index contributed by atoms with van der Waals surface area (Å²) in [6, 6.07) is 16.0. The largest absolute Gasteiger partial charge is 0.396 e. The van der Waals surface area contributed by atoms with Crippen molar-refractivity contribution >= 4 is 0 Å². The number of unbranched alkanes of at least 4 members (excludes halogenated alkanes) is 10. The molecule has 36 heavy (non-hydrogen) atoms. The van der Waals surface area contributed by atoms with E-state index in [1.54, 1.807) is 13.8 Å². The maximum atomic E-state index is 11.4. The Bertz CT molecular complexity index is 753. The highest BCUT2D eigenvalue weighted by molar-refractivity contribution is 5.35. The Morgan fingerprint density at radius 1 is 0.444 bits per heavy atom. The van der Waals surface area contributed by atoms with Gasteiger partial charge in [0.05, 0.1) is 0 Å². The van der Waals surface area contributed by atoms with Crippen LogP contribution in [0.1, 0.15) is 113 Å². The summed E-state index contributed by atoms with van der Waals surface area (Å²) in [6.45, 7) is 3.97. The lowest BCUT2D eigenvalue weighted by molar-refractivity contribution is -0.143. The smallest absolute Gasteiger partial charge is 0.119 e. The summed E-state index contributed by atoms with van der Waals surface area (Å²) in [7, 11) is 0. The van der Waals surface area contributed by atoms with Gasteiger partial charge in [-0.25, -0.2) is 0 Å². The SMILES string of the molecule is CC(O)(c1ccc(CCCCCCCCO)cc1)C(C)(O)c1ccc(CCCCCCCCO)cc1. The molecule has 2 rings (SSSR count). The van der Waals surface area contributed by atoms with Gasteiger partial charge in [-0.05, 0) is 74.6 Å². The number of aryl methyl sites for hydroxylation is 2. The minimum absolute atomic E-state index is 0.294. The first-order chi connectivity index (χ1) is 17.3. The molecule has 4 heteroatoms. The molecule has 2 unspecified atom stereocenters. The molecule has 0 aliphatic carbocycles. The molecule has 0 aliphatic rings. The number of benzene rings is 2. The first kappa shape index (κ1) is 30.5. The second-order valence-corrected chi connectivity index (χ2v) is 10.7. The lowest BCUT2D eigenvalue weighted by Gasteiger charge is -2.39. The number of aliphatic hydroxyl groups is 4. The van der Waals surface area contributed by atoms with E-state index in [1.165, 1.54) is 49.7 Å². The Morgan fingerprint density at radius 2 is 0.722 bits per heavy atom. The average molecular weight is 499 g/mol. The zero-order valence-corrected chi connectivity index (χ0v) is 22.7. The Labute approximate surface area is 219 Å². The molecule has 0 bridgehead atoms. The van der Waals surface area contributed by atoms with Gasteiger partial charge in [0.2, 0.25) is 0 Å². The first-order valence-corrected chi connectivity index (χ1v) is 14.2. The van der Waals surface area contributed by atoms with Crippen LogP contribution in [0.3, 0.4) is 0 Å². The molecular weight excluding hydrogens is 448 g/mol. The molecule has 0 aliphatic heterocycles. The van der Waals surface area contributed by atoms with Gasteiger partial charge < -0.3 is 20.4 Å². The van der Waals surface area contributed by atoms with E-state index in [0.717, 1.165) is 51.4 Å². The van der Waals surface area contributed by atoms with E-state index in [2.05, 4.69) is 24.3 Å². The molecular formula is C32H50O4. The van der Waals surface area contributed by atoms with Crippen LogP contribution in [0.25, 0.3) is 0 Å². The molecule has 4 nitrogen and oxygen atoms in total. The van der Waals surface area contributed by atoms with E-state index in [9.17, 15) is 10.2 Å². The third kappa shape index (κ3) is 9.63. The predicted octanol–water partition coefficient (Wildman–Crippen LogP) is 6.55. The maximum Gasteiger partial charge on any atom is 0.119 e. The average Bonchev–Trinajstić information content (AvgIpc) is 2.88. The van der Waals surface area contributed by atoms with Crippen molar-refractivity contribution in [1.82, 2.24) is 0 Å². The first-order valence-electron chi connectivity index (χ1n) is 14.2. The van der Waals surface area contributed by atoms with Crippen LogP contribution in [0, 0.1) is 0 Å². The van der Waals surface area contributed by atoms with E-state index >= 15 is 0 Å². The monoisotopic (exact) mass is 498 g/mol. The van der Waals surface area contributed by atoms with Gasteiger partial charge in [-0.3, -0.25) is 0 Å². The third-order valence-electron chi connectivity index (χ3n) is 7.73. The van der Waals surface area contributed by atoms with Crippen LogP contribution in [0.4, 0.5) is 0 Å². The number of rotatable bonds is 19. The van der Waals surface area contributed by atoms with Crippen LogP contribution in [0.15, 0.2) is 48.5 Å². The fourth-order valence-corrected chi connectivity index (χ4v) is 4.85. The van der Waals surface area contributed by atoms with Gasteiger partial charge in [-0.15, -0.1) is 0 Å². The highest BCUT2D eigenvalue weighted by Gasteiger charge is 2.44. The van der Waals surface area contributed by atoms with Crippen molar-refractivity contribution in [3.63, 3.8) is 0 Å². The highest BCUT2D eigenvalue weighted by Crippen LogP contribution is 2.40. The van der Waals surface area contributed by atoms with Crippen molar-refractivity contribution in [2.24, 2.45) is 0 Å². The maximum absolute atomic E-state index is 11.4. The fourth-order valence-electron chi connectivity index (χ4n) is 4.85. The molecule has 0 fully saturated rings. The summed E-state index contributed by atoms with van der Waals surface area (Å²) >= 11 is 0. The van der Waals surface area contributed by atoms with Gasteiger partial charge in [-0.2, -0.15) is 0 Å². The van der Waals surface area contributed by atoms with Crippen LogP contribution in [-0.2, 0) is 24.0 Å². The summed E-state index contributed by atoms with van der Waals surface area (Å²) in [6.07, 6.45) is 15.5. The van der Waals surface area contributed by atoms with Gasteiger partial charge in [0, 0.05) is 13.2 Å². The van der Waals surface area contributed by atoms with E-state index in [1.807, 2.05) is 24.3 Å². The summed E-state index contributed by atoms with van der Waals surface area (Å²) in [5.74, 6) is 0. The molecule has 0 heterocycles. The molecule has 0 radical (unpaired) electrons. The zero-order valence-electron chi connectivity index (χ0n) is 22.7. The van der Waals surface area contributed by atoms with Crippen molar-refractivity contribution in [2.75, 3.05) is 13.2 Å². The van der Waals surface area contributed by atoms with Gasteiger partial charge in [0.25, 0.3) is 0 Å². The topological polar surface area (TPSA) is 80.9 Å². The highest BCUT2D eigenvalue weighted by atomic mass is 16.4. The lowest BCUT2D eigenvalue weighted by atomic mass is 9.75. The molecule has 0 saturated heterocycles. The van der Waals surface area contributed by atoms with Crippen molar-refractivity contribution < 1.29 is 20.4 Å². The quantitative estimate of drug-likeness (QED) is 0.166. The third-order valence-corrected chi connectivity index (χ3v) is 7.73. The summed E-state index contributed by atoms with van der Waals surface area (Å²) < 4.78 is 0. The Morgan fingerprint density at radius 3 is 1.03 bits per heavy atom. The summed E-state index contributed by atoms with van der Waals surface area (Å²) in [4.78, 5) is 0. The normalized spacial score (nSPS) is 14.9. The lowest BCUT2D eigenvalue weighted by Crippen LogP contribution is -2.45. The molecule has 202 valence electrons. The molecule has 0 amide bonds. The minimum atomic E-state index is -1.42. The van der Waals surface area contributed by atoms with Gasteiger partial charge in [0.1, 0.15) is 11.2 Å².